The minimum Gasteiger partial charge on any atom is -0.351 e. The third-order valence-corrected chi connectivity index (χ3v) is 8.58. The Hall–Kier alpha value is -5.42. The maximum absolute atomic E-state index is 9.62. The van der Waals surface area contributed by atoms with Crippen molar-refractivity contribution in [3.63, 3.8) is 0 Å². The van der Waals surface area contributed by atoms with E-state index in [9.17, 15) is 9.59 Å². The summed E-state index contributed by atoms with van der Waals surface area (Å²) < 4.78 is 0. The molecule has 10 aromatic rings. The van der Waals surface area contributed by atoms with Crippen LogP contribution >= 0.6 is 0 Å². The number of hydrogen-bond acceptors (Lipinski definition) is 2. The van der Waals surface area contributed by atoms with Gasteiger partial charge in [0.1, 0.15) is 0 Å². The summed E-state index contributed by atoms with van der Waals surface area (Å²) in [5, 5.41) is 26.9. The first kappa shape index (κ1) is 20.6. The Balaban J connectivity index is 0.000000284. The minimum absolute atomic E-state index is 0.937. The molecule has 0 saturated carbocycles. The van der Waals surface area contributed by atoms with E-state index < -0.39 is 12.1 Å². The molecule has 10 rings (SSSR count). The molecule has 0 aliphatic heterocycles. The van der Waals surface area contributed by atoms with E-state index in [4.69, 9.17) is 0 Å². The number of hydrogen-bond donors (Lipinski definition) is 3. The first-order valence-electron chi connectivity index (χ1n) is 12.9. The van der Waals surface area contributed by atoms with E-state index in [0.29, 0.717) is 0 Å². The van der Waals surface area contributed by atoms with Gasteiger partial charge in [0.25, 0.3) is 0 Å². The van der Waals surface area contributed by atoms with Gasteiger partial charge in [0.2, 0.25) is 0 Å². The predicted octanol–water partition coefficient (Wildman–Crippen LogP) is 7.99. The number of nitrogens with one attached hydrogen (secondary N) is 1. The third-order valence-electron chi connectivity index (χ3n) is 8.58. The molecule has 0 aliphatic rings. The van der Waals surface area contributed by atoms with Crippen LogP contribution in [0, 0.1) is 0 Å². The highest BCUT2D eigenvalue weighted by Gasteiger charge is 2.25. The van der Waals surface area contributed by atoms with E-state index in [1.54, 1.807) is 5.32 Å². The van der Waals surface area contributed by atoms with Gasteiger partial charge in [-0.05, 0) is 109 Å². The lowest BCUT2D eigenvalue weighted by molar-refractivity contribution is 0.236. The summed E-state index contributed by atoms with van der Waals surface area (Å²) in [6, 6.07) is 30.8. The molecule has 0 spiro atoms. The number of primary amides is 2. The Morgan fingerprint density at radius 3 is 0.769 bits per heavy atom. The summed E-state index contributed by atoms with van der Waals surface area (Å²) in [7, 11) is 0. The second-order valence-electron chi connectivity index (χ2n) is 10.5. The Morgan fingerprint density at radius 2 is 0.564 bits per heavy atom. The van der Waals surface area contributed by atoms with Gasteiger partial charge in [-0.25, -0.2) is 9.59 Å². The fraction of sp³-hybridized carbons (Fsp3) is 0. The highest BCUT2D eigenvalue weighted by atomic mass is 16.2. The lowest BCUT2D eigenvalue weighted by Gasteiger charge is -2.25. The van der Waals surface area contributed by atoms with Crippen LogP contribution in [0.1, 0.15) is 0 Å². The SMILES string of the molecule is NC(=O)NC(N)=O.c1cc2ccc3cc4ccc5ccc6ccc7cc8ccc1c1c2c3c2c4c5c6c7c2c81. The molecule has 0 radical (unpaired) electrons. The van der Waals surface area contributed by atoms with Gasteiger partial charge in [-0.15, -0.1) is 0 Å². The quantitative estimate of drug-likeness (QED) is 0.145. The second-order valence-corrected chi connectivity index (χ2v) is 10.5. The van der Waals surface area contributed by atoms with E-state index in [2.05, 4.69) is 96.4 Å². The fourth-order valence-corrected chi connectivity index (χ4v) is 7.30. The smallest absolute Gasteiger partial charge is 0.320 e. The van der Waals surface area contributed by atoms with Crippen LogP contribution in [0.5, 0.6) is 0 Å². The Kier molecular flexibility index (Phi) is 3.55. The van der Waals surface area contributed by atoms with Gasteiger partial charge in [-0.3, -0.25) is 5.32 Å². The third kappa shape index (κ3) is 2.40. The van der Waals surface area contributed by atoms with Crippen LogP contribution < -0.4 is 16.8 Å². The van der Waals surface area contributed by atoms with Crippen LogP contribution in [0.25, 0.3) is 97.0 Å². The molecular formula is C34H19N3O2. The molecule has 5 nitrogen and oxygen atoms in total. The number of benzene rings is 10. The number of amides is 4. The van der Waals surface area contributed by atoms with Gasteiger partial charge in [0, 0.05) is 0 Å². The number of rotatable bonds is 0. The van der Waals surface area contributed by atoms with Gasteiger partial charge < -0.3 is 11.5 Å². The molecule has 5 N–H and O–H groups in total. The van der Waals surface area contributed by atoms with Gasteiger partial charge in [-0.1, -0.05) is 72.8 Å². The molecule has 10 aromatic carbocycles. The first-order chi connectivity index (χ1) is 19.0. The number of imide groups is 1. The normalized spacial score (nSPS) is 12.5. The van der Waals surface area contributed by atoms with Crippen molar-refractivity contribution in [2.75, 3.05) is 0 Å². The van der Waals surface area contributed by atoms with E-state index in [0.717, 1.165) is 0 Å². The number of nitrogens with two attached hydrogens (primary N) is 2. The summed E-state index contributed by atoms with van der Waals surface area (Å²) in [5.41, 5.74) is 8.88. The number of carbonyl (C=O) groups is 2. The average Bonchev–Trinajstić information content (AvgIpc) is 2.93. The van der Waals surface area contributed by atoms with Crippen LogP contribution in [0.4, 0.5) is 9.59 Å². The molecule has 0 heterocycles. The van der Waals surface area contributed by atoms with Crippen molar-refractivity contribution in [3.05, 3.63) is 84.9 Å². The van der Waals surface area contributed by atoms with Crippen molar-refractivity contribution in [1.82, 2.24) is 5.32 Å². The number of urea groups is 2. The molecule has 5 heteroatoms. The van der Waals surface area contributed by atoms with Crippen molar-refractivity contribution in [2.45, 2.75) is 0 Å². The fourth-order valence-electron chi connectivity index (χ4n) is 7.30. The second kappa shape index (κ2) is 6.71. The van der Waals surface area contributed by atoms with Crippen molar-refractivity contribution in [3.8, 4) is 0 Å². The molecule has 4 amide bonds. The van der Waals surface area contributed by atoms with Crippen LogP contribution in [0.2, 0.25) is 0 Å². The molecule has 0 aliphatic carbocycles. The molecule has 0 saturated heterocycles. The molecule has 0 bridgehead atoms. The van der Waals surface area contributed by atoms with Gasteiger partial charge in [0.05, 0.1) is 0 Å². The van der Waals surface area contributed by atoms with Gasteiger partial charge in [0.15, 0.2) is 0 Å². The zero-order valence-corrected chi connectivity index (χ0v) is 20.6. The van der Waals surface area contributed by atoms with E-state index in [1.165, 1.54) is 97.0 Å². The Bertz CT molecular complexity index is 2250. The van der Waals surface area contributed by atoms with Crippen LogP contribution in [-0.4, -0.2) is 12.1 Å². The van der Waals surface area contributed by atoms with Crippen LogP contribution in [0.3, 0.4) is 0 Å². The molecule has 0 fully saturated rings. The van der Waals surface area contributed by atoms with Crippen molar-refractivity contribution in [1.29, 1.82) is 0 Å². The number of carbonyl (C=O) groups excluding carboxylic acids is 2. The van der Waals surface area contributed by atoms with Crippen LogP contribution in [-0.2, 0) is 0 Å². The van der Waals surface area contributed by atoms with Gasteiger partial charge in [-0.2, -0.15) is 0 Å². The largest absolute Gasteiger partial charge is 0.351 e. The van der Waals surface area contributed by atoms with E-state index in [1.807, 2.05) is 0 Å². The first-order valence-corrected chi connectivity index (χ1v) is 12.9. The molecule has 39 heavy (non-hydrogen) atoms. The van der Waals surface area contributed by atoms with Crippen LogP contribution in [0.15, 0.2) is 84.9 Å². The molecule has 0 aromatic heterocycles. The predicted molar refractivity (Wildman–Crippen MR) is 162 cm³/mol. The van der Waals surface area contributed by atoms with E-state index in [-0.39, 0.29) is 0 Å². The lowest BCUT2D eigenvalue weighted by atomic mass is 9.77. The summed E-state index contributed by atoms with van der Waals surface area (Å²) in [6.07, 6.45) is 0. The van der Waals surface area contributed by atoms with Crippen molar-refractivity contribution < 1.29 is 9.59 Å². The standard InChI is InChI=1S/C32H14.C2H5N3O2/c1-2-16-6-10-20-14-22-12-8-18-4-3-17-7-11-21-13-19-9-5-15(1)23-24(16)28(20)32-30(22)26(18)25(17)29(21)31(32)27(19)23;3-1(6)5-2(4)7/h1-14H;(H5,3,4,5,6,7). The van der Waals surface area contributed by atoms with Gasteiger partial charge >= 0.3 is 12.1 Å². The zero-order valence-electron chi connectivity index (χ0n) is 20.6. The maximum atomic E-state index is 9.62. The summed E-state index contributed by atoms with van der Waals surface area (Å²) in [6.45, 7) is 0. The molecule has 0 unspecified atom stereocenters. The van der Waals surface area contributed by atoms with E-state index >= 15 is 0 Å². The zero-order chi connectivity index (χ0) is 26.2. The average molecular weight is 502 g/mol. The molecule has 0 atom stereocenters. The highest BCUT2D eigenvalue weighted by molar-refractivity contribution is 6.53. The van der Waals surface area contributed by atoms with Crippen molar-refractivity contribution in [2.24, 2.45) is 11.5 Å². The molecular weight excluding hydrogens is 482 g/mol. The topological polar surface area (TPSA) is 98.2 Å². The summed E-state index contributed by atoms with van der Waals surface area (Å²) in [4.78, 5) is 19.2. The minimum atomic E-state index is -0.938. The summed E-state index contributed by atoms with van der Waals surface area (Å²) >= 11 is 0. The monoisotopic (exact) mass is 501 g/mol. The lowest BCUT2D eigenvalue weighted by Crippen LogP contribution is -2.38. The van der Waals surface area contributed by atoms with Crippen molar-refractivity contribution >= 4 is 109 Å². The Labute approximate surface area is 220 Å². The highest BCUT2D eigenvalue weighted by Crippen LogP contribution is 2.54. The molecule has 182 valence electrons. The Morgan fingerprint density at radius 1 is 0.359 bits per heavy atom. The maximum Gasteiger partial charge on any atom is 0.320 e. The summed E-state index contributed by atoms with van der Waals surface area (Å²) in [5.74, 6) is 0.